The Hall–Kier alpha value is -1.14. The molecule has 1 aliphatic heterocycles. The predicted molar refractivity (Wildman–Crippen MR) is 64.1 cm³/mol. The van der Waals surface area contributed by atoms with E-state index in [9.17, 15) is 9.90 Å². The molecular formula is C10H12BrN3O2. The van der Waals surface area contributed by atoms with Gasteiger partial charge in [-0.2, -0.15) is 0 Å². The summed E-state index contributed by atoms with van der Waals surface area (Å²) in [5.41, 5.74) is 7.10. The van der Waals surface area contributed by atoms with E-state index in [1.807, 2.05) is 6.92 Å². The summed E-state index contributed by atoms with van der Waals surface area (Å²) in [6.07, 6.45) is -0.475. The summed E-state index contributed by atoms with van der Waals surface area (Å²) in [7, 11) is 0. The van der Waals surface area contributed by atoms with Crippen LogP contribution in [0, 0.1) is 6.92 Å². The van der Waals surface area contributed by atoms with Gasteiger partial charge in [0.2, 0.25) is 5.91 Å². The van der Waals surface area contributed by atoms with Gasteiger partial charge in [0.15, 0.2) is 0 Å². The van der Waals surface area contributed by atoms with E-state index >= 15 is 0 Å². The second-order valence-electron chi connectivity index (χ2n) is 3.82. The molecule has 0 saturated carbocycles. The van der Waals surface area contributed by atoms with E-state index in [1.54, 1.807) is 6.07 Å². The van der Waals surface area contributed by atoms with Crippen LogP contribution in [-0.2, 0) is 4.79 Å². The fourth-order valence-corrected chi connectivity index (χ4v) is 2.03. The van der Waals surface area contributed by atoms with Crippen LogP contribution in [0.3, 0.4) is 0 Å². The van der Waals surface area contributed by atoms with E-state index in [-0.39, 0.29) is 18.9 Å². The molecule has 1 unspecified atom stereocenters. The van der Waals surface area contributed by atoms with Crippen molar-refractivity contribution in [3.05, 3.63) is 16.2 Å². The number of hydrogen-bond acceptors (Lipinski definition) is 4. The molecule has 16 heavy (non-hydrogen) atoms. The minimum atomic E-state index is -0.619. The molecule has 1 saturated heterocycles. The minimum Gasteiger partial charge on any atom is -0.391 e. The SMILES string of the molecule is Cc1nc(N)c(N2CC(O)CC2=O)cc1Br. The second kappa shape index (κ2) is 4.03. The highest BCUT2D eigenvalue weighted by molar-refractivity contribution is 9.10. The second-order valence-corrected chi connectivity index (χ2v) is 4.68. The molecule has 1 aromatic rings. The summed E-state index contributed by atoms with van der Waals surface area (Å²) in [4.78, 5) is 17.2. The third kappa shape index (κ3) is 1.90. The molecule has 2 heterocycles. The van der Waals surface area contributed by atoms with Crippen molar-refractivity contribution in [2.24, 2.45) is 0 Å². The van der Waals surface area contributed by atoms with Crippen molar-refractivity contribution in [2.45, 2.75) is 19.4 Å². The van der Waals surface area contributed by atoms with Gasteiger partial charge in [0.1, 0.15) is 5.82 Å². The van der Waals surface area contributed by atoms with Crippen LogP contribution in [-0.4, -0.2) is 28.6 Å². The van der Waals surface area contributed by atoms with Crippen molar-refractivity contribution >= 4 is 33.3 Å². The number of aliphatic hydroxyl groups excluding tert-OH is 1. The Labute approximate surface area is 101 Å². The van der Waals surface area contributed by atoms with E-state index in [4.69, 9.17) is 5.73 Å². The van der Waals surface area contributed by atoms with Gasteiger partial charge in [-0.15, -0.1) is 0 Å². The van der Waals surface area contributed by atoms with Gasteiger partial charge < -0.3 is 15.7 Å². The largest absolute Gasteiger partial charge is 0.391 e. The number of aryl methyl sites for hydroxylation is 1. The first-order valence-corrected chi connectivity index (χ1v) is 5.69. The number of carbonyl (C=O) groups excluding carboxylic acids is 1. The molecule has 0 aliphatic carbocycles. The maximum absolute atomic E-state index is 11.6. The lowest BCUT2D eigenvalue weighted by atomic mass is 10.3. The van der Waals surface area contributed by atoms with Crippen molar-refractivity contribution in [3.63, 3.8) is 0 Å². The van der Waals surface area contributed by atoms with Gasteiger partial charge >= 0.3 is 0 Å². The average molecular weight is 286 g/mol. The number of β-amino-alcohol motifs (C(OH)–C–C–N with tert-alkyl or cyclic N) is 1. The maximum atomic E-state index is 11.6. The number of nitrogens with zero attached hydrogens (tertiary/aromatic N) is 2. The highest BCUT2D eigenvalue weighted by atomic mass is 79.9. The zero-order valence-corrected chi connectivity index (χ0v) is 10.4. The van der Waals surface area contributed by atoms with Crippen LogP contribution in [0.1, 0.15) is 12.1 Å². The van der Waals surface area contributed by atoms with Gasteiger partial charge in [-0.1, -0.05) is 0 Å². The average Bonchev–Trinajstić information content (AvgIpc) is 2.51. The molecule has 86 valence electrons. The summed E-state index contributed by atoms with van der Waals surface area (Å²) in [6.45, 7) is 2.10. The summed E-state index contributed by atoms with van der Waals surface area (Å²) >= 11 is 3.34. The molecule has 0 spiro atoms. The Morgan fingerprint density at radius 2 is 2.38 bits per heavy atom. The van der Waals surface area contributed by atoms with Crippen molar-refractivity contribution < 1.29 is 9.90 Å². The quantitative estimate of drug-likeness (QED) is 0.801. The zero-order chi connectivity index (χ0) is 11.9. The van der Waals surface area contributed by atoms with Gasteiger partial charge in [0.25, 0.3) is 0 Å². The normalized spacial score (nSPS) is 20.6. The van der Waals surface area contributed by atoms with Crippen LogP contribution in [0.2, 0.25) is 0 Å². The monoisotopic (exact) mass is 285 g/mol. The smallest absolute Gasteiger partial charge is 0.229 e. The number of carbonyl (C=O) groups is 1. The summed E-state index contributed by atoms with van der Waals surface area (Å²) in [5.74, 6) is 0.180. The Morgan fingerprint density at radius 1 is 1.69 bits per heavy atom. The molecular weight excluding hydrogens is 274 g/mol. The number of nitrogens with two attached hydrogens (primary N) is 1. The van der Waals surface area contributed by atoms with Crippen LogP contribution in [0.5, 0.6) is 0 Å². The first-order valence-electron chi connectivity index (χ1n) is 4.90. The highest BCUT2D eigenvalue weighted by Gasteiger charge is 2.30. The Morgan fingerprint density at radius 3 is 2.94 bits per heavy atom. The minimum absolute atomic E-state index is 0.128. The van der Waals surface area contributed by atoms with E-state index in [2.05, 4.69) is 20.9 Å². The molecule has 1 aromatic heterocycles. The number of rotatable bonds is 1. The van der Waals surface area contributed by atoms with Gasteiger partial charge in [0, 0.05) is 4.47 Å². The molecule has 1 atom stereocenters. The van der Waals surface area contributed by atoms with Crippen LogP contribution in [0.4, 0.5) is 11.5 Å². The fraction of sp³-hybridized carbons (Fsp3) is 0.400. The number of nitrogen functional groups attached to an aromatic ring is 1. The number of aromatic nitrogens is 1. The molecule has 1 amide bonds. The third-order valence-electron chi connectivity index (χ3n) is 2.56. The Balaban J connectivity index is 2.41. The molecule has 1 aliphatic rings. The van der Waals surface area contributed by atoms with E-state index in [1.165, 1.54) is 4.90 Å². The first kappa shape index (κ1) is 11.3. The fourth-order valence-electron chi connectivity index (χ4n) is 1.73. The number of halogens is 1. The van der Waals surface area contributed by atoms with Crippen LogP contribution < -0.4 is 10.6 Å². The highest BCUT2D eigenvalue weighted by Crippen LogP contribution is 2.30. The van der Waals surface area contributed by atoms with Crippen molar-refractivity contribution in [2.75, 3.05) is 17.2 Å². The number of aliphatic hydroxyl groups is 1. The van der Waals surface area contributed by atoms with Gasteiger partial charge in [-0.05, 0) is 28.9 Å². The number of anilines is 2. The standard InChI is InChI=1S/C10H12BrN3O2/c1-5-7(11)3-8(10(12)13-5)14-4-6(15)2-9(14)16/h3,6,15H,2,4H2,1H3,(H2,12,13). The summed E-state index contributed by atoms with van der Waals surface area (Å²) < 4.78 is 0.797. The van der Waals surface area contributed by atoms with E-state index in [0.717, 1.165) is 10.2 Å². The predicted octanol–water partition coefficient (Wildman–Crippen LogP) is 0.832. The molecule has 3 N–H and O–H groups in total. The van der Waals surface area contributed by atoms with Crippen LogP contribution >= 0.6 is 15.9 Å². The summed E-state index contributed by atoms with van der Waals surface area (Å²) in [5, 5.41) is 9.41. The van der Waals surface area contributed by atoms with Gasteiger partial charge in [0.05, 0.1) is 30.5 Å². The van der Waals surface area contributed by atoms with Crippen LogP contribution in [0.15, 0.2) is 10.5 Å². The van der Waals surface area contributed by atoms with Gasteiger partial charge in [-0.3, -0.25) is 4.79 Å². The number of hydrogen-bond donors (Lipinski definition) is 2. The van der Waals surface area contributed by atoms with Crippen molar-refractivity contribution in [1.82, 2.24) is 4.98 Å². The Bertz CT molecular complexity index is 450. The van der Waals surface area contributed by atoms with Crippen molar-refractivity contribution in [1.29, 1.82) is 0 Å². The molecule has 5 nitrogen and oxygen atoms in total. The van der Waals surface area contributed by atoms with Gasteiger partial charge in [-0.25, -0.2) is 4.98 Å². The number of amides is 1. The lowest BCUT2D eigenvalue weighted by Gasteiger charge is -2.18. The van der Waals surface area contributed by atoms with Crippen molar-refractivity contribution in [3.8, 4) is 0 Å². The van der Waals surface area contributed by atoms with E-state index in [0.29, 0.717) is 11.5 Å². The lowest BCUT2D eigenvalue weighted by molar-refractivity contribution is -0.117. The molecule has 6 heteroatoms. The number of pyridine rings is 1. The molecule has 0 radical (unpaired) electrons. The third-order valence-corrected chi connectivity index (χ3v) is 3.36. The molecule has 0 bridgehead atoms. The Kier molecular flexibility index (Phi) is 2.86. The maximum Gasteiger partial charge on any atom is 0.229 e. The topological polar surface area (TPSA) is 79.4 Å². The van der Waals surface area contributed by atoms with Crippen LogP contribution in [0.25, 0.3) is 0 Å². The zero-order valence-electron chi connectivity index (χ0n) is 8.77. The lowest BCUT2D eigenvalue weighted by Crippen LogP contribution is -2.26. The van der Waals surface area contributed by atoms with E-state index < -0.39 is 6.10 Å². The summed E-state index contributed by atoms with van der Waals surface area (Å²) in [6, 6.07) is 1.76. The molecule has 2 rings (SSSR count). The molecule has 1 fully saturated rings. The first-order chi connectivity index (χ1) is 7.49. The molecule has 0 aromatic carbocycles.